The highest BCUT2D eigenvalue weighted by Crippen LogP contribution is 2.17. The van der Waals surface area contributed by atoms with Gasteiger partial charge in [-0.3, -0.25) is 0 Å². The second kappa shape index (κ2) is 5.25. The monoisotopic (exact) mass is 240 g/mol. The first kappa shape index (κ1) is 12.0. The lowest BCUT2D eigenvalue weighted by molar-refractivity contribution is -0.00339. The lowest BCUT2D eigenvalue weighted by atomic mass is 10.2. The number of aromatic nitrogens is 1. The van der Waals surface area contributed by atoms with E-state index < -0.39 is 12.5 Å². The van der Waals surface area contributed by atoms with Crippen molar-refractivity contribution in [1.29, 1.82) is 0 Å². The fourth-order valence-corrected chi connectivity index (χ4v) is 1.72. The highest BCUT2D eigenvalue weighted by Gasteiger charge is 2.15. The van der Waals surface area contributed by atoms with Gasteiger partial charge in [0.05, 0.1) is 0 Å². The van der Waals surface area contributed by atoms with Crippen molar-refractivity contribution in [3.63, 3.8) is 0 Å². The van der Waals surface area contributed by atoms with Crippen molar-refractivity contribution < 1.29 is 13.9 Å². The maximum Gasteiger partial charge on any atom is 0.265 e. The molecule has 0 spiro atoms. The van der Waals surface area contributed by atoms with Crippen molar-refractivity contribution in [1.82, 2.24) is 10.3 Å². The largest absolute Gasteiger partial charge is 0.386 e. The molecule has 5 heteroatoms. The van der Waals surface area contributed by atoms with E-state index in [1.54, 1.807) is 0 Å². The van der Waals surface area contributed by atoms with E-state index >= 15 is 0 Å². The molecule has 0 aliphatic rings. The molecule has 2 rings (SSSR count). The van der Waals surface area contributed by atoms with Gasteiger partial charge >= 0.3 is 0 Å². The van der Waals surface area contributed by atoms with Crippen molar-refractivity contribution in [2.24, 2.45) is 0 Å². The second-order valence-corrected chi connectivity index (χ2v) is 3.89. The third-order valence-electron chi connectivity index (χ3n) is 2.63. The number of hydrogen-bond donors (Lipinski definition) is 3. The molecule has 2 aromatic rings. The van der Waals surface area contributed by atoms with Gasteiger partial charge in [-0.05, 0) is 11.6 Å². The predicted octanol–water partition coefficient (Wildman–Crippen LogP) is 1.88. The molecule has 0 saturated carbocycles. The molecule has 1 aromatic carbocycles. The first-order valence-electron chi connectivity index (χ1n) is 5.40. The summed E-state index contributed by atoms with van der Waals surface area (Å²) in [6, 6.07) is 7.77. The van der Waals surface area contributed by atoms with Crippen molar-refractivity contribution in [2.45, 2.75) is 19.1 Å². The number of aliphatic hydroxyl groups excluding tert-OH is 1. The first-order chi connectivity index (χ1) is 8.18. The lowest BCUT2D eigenvalue weighted by Gasteiger charge is -2.10. The van der Waals surface area contributed by atoms with Gasteiger partial charge in [-0.15, -0.1) is 0 Å². The maximum atomic E-state index is 12.1. The average Bonchev–Trinajstić information content (AvgIpc) is 2.72. The van der Waals surface area contributed by atoms with Crippen LogP contribution in [0.15, 0.2) is 30.5 Å². The van der Waals surface area contributed by atoms with Gasteiger partial charge in [0, 0.05) is 30.2 Å². The van der Waals surface area contributed by atoms with Crippen LogP contribution in [0.5, 0.6) is 0 Å². The number of halogens is 2. The summed E-state index contributed by atoms with van der Waals surface area (Å²) in [5.41, 5.74) is 2.01. The first-order valence-corrected chi connectivity index (χ1v) is 5.40. The van der Waals surface area contributed by atoms with Gasteiger partial charge in [0.15, 0.2) is 0 Å². The summed E-state index contributed by atoms with van der Waals surface area (Å²) in [6.07, 6.45) is -2.47. The Balaban J connectivity index is 1.95. The lowest BCUT2D eigenvalue weighted by Crippen LogP contribution is -2.31. The Bertz CT molecular complexity index is 484. The number of rotatable bonds is 5. The van der Waals surface area contributed by atoms with Crippen LogP contribution in [-0.2, 0) is 6.54 Å². The van der Waals surface area contributed by atoms with Crippen molar-refractivity contribution in [3.8, 4) is 0 Å². The third-order valence-corrected chi connectivity index (χ3v) is 2.63. The molecule has 17 heavy (non-hydrogen) atoms. The molecule has 92 valence electrons. The maximum absolute atomic E-state index is 12.1. The SMILES string of the molecule is OC(CNCc1c[nH]c2ccccc12)C(F)F. The minimum absolute atomic E-state index is 0.114. The van der Waals surface area contributed by atoms with E-state index in [1.807, 2.05) is 30.5 Å². The molecule has 1 atom stereocenters. The Morgan fingerprint density at radius 2 is 2.06 bits per heavy atom. The number of para-hydroxylation sites is 1. The van der Waals surface area contributed by atoms with Crippen LogP contribution >= 0.6 is 0 Å². The fourth-order valence-electron chi connectivity index (χ4n) is 1.72. The van der Waals surface area contributed by atoms with Gasteiger partial charge in [0.1, 0.15) is 6.10 Å². The quantitative estimate of drug-likeness (QED) is 0.747. The van der Waals surface area contributed by atoms with Crippen LogP contribution in [0.25, 0.3) is 10.9 Å². The van der Waals surface area contributed by atoms with Gasteiger partial charge < -0.3 is 15.4 Å². The smallest absolute Gasteiger partial charge is 0.265 e. The highest BCUT2D eigenvalue weighted by atomic mass is 19.3. The van der Waals surface area contributed by atoms with Crippen molar-refractivity contribution in [3.05, 3.63) is 36.0 Å². The number of benzene rings is 1. The Kier molecular flexibility index (Phi) is 3.71. The molecule has 1 aromatic heterocycles. The standard InChI is InChI=1S/C12H14F2N2O/c13-12(14)11(17)7-15-5-8-6-16-10-4-2-1-3-9(8)10/h1-4,6,11-12,15-17H,5,7H2. The van der Waals surface area contributed by atoms with Crippen LogP contribution < -0.4 is 5.32 Å². The molecule has 0 fully saturated rings. The van der Waals surface area contributed by atoms with Crippen molar-refractivity contribution in [2.75, 3.05) is 6.54 Å². The Labute approximate surface area is 97.5 Å². The molecule has 0 amide bonds. The molecule has 1 unspecified atom stereocenters. The van der Waals surface area contributed by atoms with Crippen LogP contribution in [0.1, 0.15) is 5.56 Å². The van der Waals surface area contributed by atoms with Crippen LogP contribution in [0.2, 0.25) is 0 Å². The average molecular weight is 240 g/mol. The zero-order valence-corrected chi connectivity index (χ0v) is 9.16. The van der Waals surface area contributed by atoms with Crippen LogP contribution in [-0.4, -0.2) is 29.2 Å². The van der Waals surface area contributed by atoms with Gasteiger partial charge in [-0.25, -0.2) is 8.78 Å². The Hall–Kier alpha value is -1.46. The van der Waals surface area contributed by atoms with E-state index in [0.29, 0.717) is 6.54 Å². The minimum Gasteiger partial charge on any atom is -0.386 e. The molecule has 3 N–H and O–H groups in total. The zero-order chi connectivity index (χ0) is 12.3. The van der Waals surface area contributed by atoms with E-state index in [-0.39, 0.29) is 6.54 Å². The predicted molar refractivity (Wildman–Crippen MR) is 62.0 cm³/mol. The highest BCUT2D eigenvalue weighted by molar-refractivity contribution is 5.82. The van der Waals surface area contributed by atoms with Gasteiger partial charge in [-0.1, -0.05) is 18.2 Å². The van der Waals surface area contributed by atoms with E-state index in [9.17, 15) is 8.78 Å². The fraction of sp³-hybridized carbons (Fsp3) is 0.333. The van der Waals surface area contributed by atoms with E-state index in [2.05, 4.69) is 10.3 Å². The molecule has 1 heterocycles. The topological polar surface area (TPSA) is 48.0 Å². The van der Waals surface area contributed by atoms with E-state index in [1.165, 1.54) is 0 Å². The molecule has 0 aliphatic heterocycles. The summed E-state index contributed by atoms with van der Waals surface area (Å²) in [4.78, 5) is 3.10. The molecule has 0 aliphatic carbocycles. The van der Waals surface area contributed by atoms with E-state index in [0.717, 1.165) is 16.5 Å². The Morgan fingerprint density at radius 1 is 1.29 bits per heavy atom. The second-order valence-electron chi connectivity index (χ2n) is 3.89. The number of hydrogen-bond acceptors (Lipinski definition) is 2. The van der Waals surface area contributed by atoms with Crippen molar-refractivity contribution >= 4 is 10.9 Å². The number of aliphatic hydroxyl groups is 1. The molecule has 3 nitrogen and oxygen atoms in total. The van der Waals surface area contributed by atoms with Crippen LogP contribution in [0.3, 0.4) is 0 Å². The molecular formula is C12H14F2N2O. The van der Waals surface area contributed by atoms with Gasteiger partial charge in [0.25, 0.3) is 6.43 Å². The summed E-state index contributed by atoms with van der Waals surface area (Å²) >= 11 is 0. The third kappa shape index (κ3) is 2.81. The van der Waals surface area contributed by atoms with Crippen LogP contribution in [0, 0.1) is 0 Å². The summed E-state index contributed by atoms with van der Waals surface area (Å²) in [5.74, 6) is 0. The summed E-state index contributed by atoms with van der Waals surface area (Å²) in [6.45, 7) is 0.338. The molecule has 0 radical (unpaired) electrons. The zero-order valence-electron chi connectivity index (χ0n) is 9.16. The molecule has 0 saturated heterocycles. The van der Waals surface area contributed by atoms with Gasteiger partial charge in [0.2, 0.25) is 0 Å². The Morgan fingerprint density at radius 3 is 2.82 bits per heavy atom. The van der Waals surface area contributed by atoms with E-state index in [4.69, 9.17) is 5.11 Å². The summed E-state index contributed by atoms with van der Waals surface area (Å²) in [7, 11) is 0. The summed E-state index contributed by atoms with van der Waals surface area (Å²) in [5, 5.41) is 12.8. The normalized spacial score (nSPS) is 13.4. The number of alkyl halides is 2. The molecular weight excluding hydrogens is 226 g/mol. The number of aromatic amines is 1. The molecule has 0 bridgehead atoms. The number of fused-ring (bicyclic) bond motifs is 1. The van der Waals surface area contributed by atoms with Gasteiger partial charge in [-0.2, -0.15) is 0 Å². The number of nitrogens with one attached hydrogen (secondary N) is 2. The number of H-pyrrole nitrogens is 1. The summed E-state index contributed by atoms with van der Waals surface area (Å²) < 4.78 is 24.1. The minimum atomic E-state index is -2.70. The van der Waals surface area contributed by atoms with Crippen LogP contribution in [0.4, 0.5) is 8.78 Å².